The Bertz CT molecular complexity index is 604. The van der Waals surface area contributed by atoms with E-state index >= 15 is 0 Å². The monoisotopic (exact) mass is 531 g/mol. The van der Waals surface area contributed by atoms with Crippen LogP contribution in [-0.4, -0.2) is 64.4 Å². The van der Waals surface area contributed by atoms with Gasteiger partial charge in [-0.2, -0.15) is 0 Å². The molecule has 8 heteroatoms. The molecule has 1 aromatic rings. The third-order valence-corrected chi connectivity index (χ3v) is 6.36. The van der Waals surface area contributed by atoms with Gasteiger partial charge >= 0.3 is 0 Å². The maximum atomic E-state index is 5.00. The summed E-state index contributed by atoms with van der Waals surface area (Å²) in [5, 5.41) is 15.5. The molecule has 2 aliphatic rings. The molecule has 172 valence electrons. The van der Waals surface area contributed by atoms with Crippen molar-refractivity contribution in [2.24, 2.45) is 10.9 Å². The summed E-state index contributed by atoms with van der Waals surface area (Å²) >= 11 is 0. The molecule has 0 radical (unpaired) electrons. The zero-order valence-corrected chi connectivity index (χ0v) is 21.3. The highest BCUT2D eigenvalue weighted by molar-refractivity contribution is 14.0. The van der Waals surface area contributed by atoms with Crippen molar-refractivity contribution >= 4 is 29.9 Å². The Balaban J connectivity index is 0.00000320. The number of nitrogens with zero attached hydrogens (tertiary/aromatic N) is 5. The van der Waals surface area contributed by atoms with Crippen molar-refractivity contribution in [3.63, 3.8) is 0 Å². The quantitative estimate of drug-likeness (QED) is 0.290. The summed E-state index contributed by atoms with van der Waals surface area (Å²) in [7, 11) is 0. The van der Waals surface area contributed by atoms with Gasteiger partial charge in [0.05, 0.1) is 0 Å². The Labute approximate surface area is 199 Å². The SMILES string of the molecule is CCCN1CCC(NC(=NCC2CCCCC2)NCCn2cnnc2CC)CC1.I. The number of nitrogens with one attached hydrogen (secondary N) is 2. The van der Waals surface area contributed by atoms with E-state index in [1.165, 1.54) is 71.0 Å². The minimum Gasteiger partial charge on any atom is -0.355 e. The second kappa shape index (κ2) is 14.2. The van der Waals surface area contributed by atoms with Gasteiger partial charge in [-0.1, -0.05) is 33.1 Å². The average Bonchev–Trinajstić information content (AvgIpc) is 3.22. The lowest BCUT2D eigenvalue weighted by Crippen LogP contribution is -2.49. The molecular weight excluding hydrogens is 489 g/mol. The maximum absolute atomic E-state index is 5.00. The first-order valence-corrected chi connectivity index (χ1v) is 11.9. The Morgan fingerprint density at radius 1 is 1.10 bits per heavy atom. The fourth-order valence-electron chi connectivity index (χ4n) is 4.59. The van der Waals surface area contributed by atoms with Crippen LogP contribution in [-0.2, 0) is 13.0 Å². The number of halogens is 1. The van der Waals surface area contributed by atoms with E-state index in [0.29, 0.717) is 6.04 Å². The van der Waals surface area contributed by atoms with Gasteiger partial charge < -0.3 is 20.1 Å². The molecule has 7 nitrogen and oxygen atoms in total. The van der Waals surface area contributed by atoms with Crippen molar-refractivity contribution in [3.8, 4) is 0 Å². The predicted octanol–water partition coefficient (Wildman–Crippen LogP) is 3.45. The molecule has 0 bridgehead atoms. The van der Waals surface area contributed by atoms with Crippen LogP contribution >= 0.6 is 24.0 Å². The zero-order chi connectivity index (χ0) is 20.3. The van der Waals surface area contributed by atoms with Crippen molar-refractivity contribution in [2.75, 3.05) is 32.7 Å². The van der Waals surface area contributed by atoms with E-state index in [0.717, 1.165) is 43.8 Å². The van der Waals surface area contributed by atoms with Gasteiger partial charge in [-0.05, 0) is 44.6 Å². The lowest BCUT2D eigenvalue weighted by atomic mass is 9.89. The lowest BCUT2D eigenvalue weighted by Gasteiger charge is -2.33. The zero-order valence-electron chi connectivity index (χ0n) is 19.0. The van der Waals surface area contributed by atoms with Crippen LogP contribution in [0.15, 0.2) is 11.3 Å². The topological polar surface area (TPSA) is 70.4 Å². The maximum Gasteiger partial charge on any atom is 0.191 e. The number of hydrogen-bond donors (Lipinski definition) is 2. The highest BCUT2D eigenvalue weighted by Crippen LogP contribution is 2.23. The number of rotatable bonds is 9. The Morgan fingerprint density at radius 3 is 2.57 bits per heavy atom. The molecule has 30 heavy (non-hydrogen) atoms. The van der Waals surface area contributed by atoms with Gasteiger partial charge in [-0.3, -0.25) is 4.99 Å². The standard InChI is InChI=1S/C22H41N7.HI/c1-3-13-28-14-10-20(11-15-28)26-22(24-17-19-8-6-5-7-9-19)23-12-16-29-18-25-27-21(29)4-2;/h18-20H,3-17H2,1-2H3,(H2,23,24,26);1H. The molecule has 1 aliphatic carbocycles. The number of aliphatic imine (C=N–C) groups is 1. The van der Waals surface area contributed by atoms with Crippen LogP contribution in [0, 0.1) is 5.92 Å². The van der Waals surface area contributed by atoms with Crippen LogP contribution in [0.4, 0.5) is 0 Å². The molecule has 3 rings (SSSR count). The van der Waals surface area contributed by atoms with Crippen molar-refractivity contribution in [1.29, 1.82) is 0 Å². The number of hydrogen-bond acceptors (Lipinski definition) is 4. The van der Waals surface area contributed by atoms with Gasteiger partial charge in [0.15, 0.2) is 5.96 Å². The van der Waals surface area contributed by atoms with Gasteiger partial charge in [-0.15, -0.1) is 34.2 Å². The summed E-state index contributed by atoms with van der Waals surface area (Å²) in [4.78, 5) is 7.58. The Kier molecular flexibility index (Phi) is 12.0. The first-order valence-electron chi connectivity index (χ1n) is 11.9. The second-order valence-electron chi connectivity index (χ2n) is 8.67. The molecule has 1 aliphatic heterocycles. The molecule has 0 amide bonds. The largest absolute Gasteiger partial charge is 0.355 e. The summed E-state index contributed by atoms with van der Waals surface area (Å²) in [6.45, 7) is 10.7. The van der Waals surface area contributed by atoms with E-state index < -0.39 is 0 Å². The van der Waals surface area contributed by atoms with Gasteiger partial charge in [0.25, 0.3) is 0 Å². The van der Waals surface area contributed by atoms with E-state index in [4.69, 9.17) is 4.99 Å². The molecule has 0 spiro atoms. The average molecular weight is 532 g/mol. The summed E-state index contributed by atoms with van der Waals surface area (Å²) in [5.74, 6) is 2.80. The first kappa shape index (κ1) is 25.4. The minimum atomic E-state index is 0. The predicted molar refractivity (Wildman–Crippen MR) is 135 cm³/mol. The molecule has 2 N–H and O–H groups in total. The minimum absolute atomic E-state index is 0. The van der Waals surface area contributed by atoms with Gasteiger partial charge in [-0.25, -0.2) is 0 Å². The number of aryl methyl sites for hydroxylation is 1. The summed E-state index contributed by atoms with van der Waals surface area (Å²) < 4.78 is 2.13. The fraction of sp³-hybridized carbons (Fsp3) is 0.864. The molecule has 1 saturated carbocycles. The normalized spacial score (nSPS) is 19.5. The lowest BCUT2D eigenvalue weighted by molar-refractivity contribution is 0.206. The molecular formula is C22H42IN7. The Morgan fingerprint density at radius 2 is 1.87 bits per heavy atom. The van der Waals surface area contributed by atoms with Gasteiger partial charge in [0, 0.05) is 45.2 Å². The van der Waals surface area contributed by atoms with E-state index in [9.17, 15) is 0 Å². The van der Waals surface area contributed by atoms with E-state index in [2.05, 4.69) is 44.1 Å². The number of guanidine groups is 1. The summed E-state index contributed by atoms with van der Waals surface area (Å²) in [6, 6.07) is 0.529. The fourth-order valence-corrected chi connectivity index (χ4v) is 4.59. The van der Waals surface area contributed by atoms with Crippen LogP contribution in [0.2, 0.25) is 0 Å². The van der Waals surface area contributed by atoms with Crippen molar-refractivity contribution in [3.05, 3.63) is 12.2 Å². The summed E-state index contributed by atoms with van der Waals surface area (Å²) in [6.07, 6.45) is 13.2. The van der Waals surface area contributed by atoms with Crippen LogP contribution in [0.5, 0.6) is 0 Å². The van der Waals surface area contributed by atoms with Crippen molar-refractivity contribution < 1.29 is 0 Å². The smallest absolute Gasteiger partial charge is 0.191 e. The number of piperidine rings is 1. The number of aromatic nitrogens is 3. The molecule has 1 saturated heterocycles. The Hall–Kier alpha value is -0.900. The van der Waals surface area contributed by atoms with E-state index in [1.54, 1.807) is 0 Å². The molecule has 2 fully saturated rings. The molecule has 0 aromatic carbocycles. The van der Waals surface area contributed by atoms with Crippen LogP contribution in [0.3, 0.4) is 0 Å². The van der Waals surface area contributed by atoms with Gasteiger partial charge in [0.2, 0.25) is 0 Å². The third-order valence-electron chi connectivity index (χ3n) is 6.36. The first-order chi connectivity index (χ1) is 14.3. The van der Waals surface area contributed by atoms with Crippen molar-refractivity contribution in [1.82, 2.24) is 30.3 Å². The van der Waals surface area contributed by atoms with Crippen LogP contribution in [0.1, 0.15) is 71.0 Å². The second-order valence-corrected chi connectivity index (χ2v) is 8.67. The van der Waals surface area contributed by atoms with Crippen molar-refractivity contribution in [2.45, 2.75) is 84.2 Å². The van der Waals surface area contributed by atoms with Gasteiger partial charge in [0.1, 0.15) is 12.2 Å². The molecule has 0 unspecified atom stereocenters. The molecule has 2 heterocycles. The van der Waals surface area contributed by atoms with E-state index in [1.807, 2.05) is 6.33 Å². The van der Waals surface area contributed by atoms with Crippen LogP contribution < -0.4 is 10.6 Å². The van der Waals surface area contributed by atoms with Crippen LogP contribution in [0.25, 0.3) is 0 Å². The summed E-state index contributed by atoms with van der Waals surface area (Å²) in [5.41, 5.74) is 0. The van der Waals surface area contributed by atoms with E-state index in [-0.39, 0.29) is 24.0 Å². The third kappa shape index (κ3) is 8.32. The molecule has 1 aromatic heterocycles. The molecule has 0 atom stereocenters. The highest BCUT2D eigenvalue weighted by Gasteiger charge is 2.20. The highest BCUT2D eigenvalue weighted by atomic mass is 127. The number of likely N-dealkylation sites (tertiary alicyclic amines) is 1.